The molecule has 0 spiro atoms. The molecule has 1 amide bonds. The molecular weight excluding hydrogens is 419 g/mol. The molecule has 2 aromatic carbocycles. The molecule has 1 aliphatic carbocycles. The summed E-state index contributed by atoms with van der Waals surface area (Å²) in [5.74, 6) is 1.25. The molecule has 0 bridgehead atoms. The summed E-state index contributed by atoms with van der Waals surface area (Å²) in [7, 11) is 0. The Morgan fingerprint density at radius 3 is 2.61 bits per heavy atom. The van der Waals surface area contributed by atoms with Crippen LogP contribution in [0.3, 0.4) is 0 Å². The van der Waals surface area contributed by atoms with Crippen molar-refractivity contribution in [2.24, 2.45) is 5.92 Å². The molecule has 1 saturated heterocycles. The SMILES string of the molecule is Cc1ccc(-c2noc(CCCN3CCN(C(=O)[C@H]4C[C@@H]4c4ccccc4F)CC3)n2)cc1. The molecule has 33 heavy (non-hydrogen) atoms. The minimum absolute atomic E-state index is 0.0379. The van der Waals surface area contributed by atoms with Gasteiger partial charge in [0.15, 0.2) is 0 Å². The van der Waals surface area contributed by atoms with Crippen molar-refractivity contribution in [1.82, 2.24) is 19.9 Å². The average molecular weight is 449 g/mol. The summed E-state index contributed by atoms with van der Waals surface area (Å²) in [5.41, 5.74) is 2.84. The van der Waals surface area contributed by atoms with Gasteiger partial charge in [-0.25, -0.2) is 4.39 Å². The summed E-state index contributed by atoms with van der Waals surface area (Å²) in [4.78, 5) is 21.7. The van der Waals surface area contributed by atoms with E-state index in [-0.39, 0.29) is 23.6 Å². The second-order valence-electron chi connectivity index (χ2n) is 9.12. The highest BCUT2D eigenvalue weighted by Gasteiger charge is 2.47. The van der Waals surface area contributed by atoms with Crippen molar-refractivity contribution in [2.45, 2.75) is 32.1 Å². The number of halogens is 1. The molecule has 1 aliphatic heterocycles. The van der Waals surface area contributed by atoms with Crippen LogP contribution in [0.5, 0.6) is 0 Å². The molecule has 2 fully saturated rings. The first-order chi connectivity index (χ1) is 16.1. The lowest BCUT2D eigenvalue weighted by Crippen LogP contribution is -2.49. The maximum Gasteiger partial charge on any atom is 0.227 e. The number of hydrogen-bond acceptors (Lipinski definition) is 5. The second kappa shape index (κ2) is 9.43. The average Bonchev–Trinajstić information content (AvgIpc) is 3.49. The largest absolute Gasteiger partial charge is 0.340 e. The number of amides is 1. The summed E-state index contributed by atoms with van der Waals surface area (Å²) < 4.78 is 19.4. The van der Waals surface area contributed by atoms with E-state index in [0.717, 1.165) is 57.5 Å². The predicted octanol–water partition coefficient (Wildman–Crippen LogP) is 4.06. The molecule has 3 aromatic rings. The molecule has 6 nitrogen and oxygen atoms in total. The van der Waals surface area contributed by atoms with E-state index in [1.165, 1.54) is 11.6 Å². The number of nitrogens with zero attached hydrogens (tertiary/aromatic N) is 4. The van der Waals surface area contributed by atoms with E-state index in [0.29, 0.717) is 17.3 Å². The van der Waals surface area contributed by atoms with Crippen LogP contribution in [0.1, 0.15) is 35.8 Å². The number of aromatic nitrogens is 2. The summed E-state index contributed by atoms with van der Waals surface area (Å²) in [6.45, 7) is 6.18. The Hall–Kier alpha value is -3.06. The predicted molar refractivity (Wildman–Crippen MR) is 123 cm³/mol. The minimum atomic E-state index is -0.199. The fourth-order valence-corrected chi connectivity index (χ4v) is 4.64. The summed E-state index contributed by atoms with van der Waals surface area (Å²) in [5, 5.41) is 4.10. The highest BCUT2D eigenvalue weighted by molar-refractivity contribution is 5.83. The smallest absolute Gasteiger partial charge is 0.227 e. The van der Waals surface area contributed by atoms with Gasteiger partial charge in [-0.1, -0.05) is 53.2 Å². The van der Waals surface area contributed by atoms with Crippen LogP contribution >= 0.6 is 0 Å². The van der Waals surface area contributed by atoms with Crippen molar-refractivity contribution < 1.29 is 13.7 Å². The van der Waals surface area contributed by atoms with E-state index in [1.54, 1.807) is 12.1 Å². The maximum absolute atomic E-state index is 14.0. The molecule has 5 rings (SSSR count). The third-order valence-electron chi connectivity index (χ3n) is 6.74. The lowest BCUT2D eigenvalue weighted by atomic mass is 10.1. The molecule has 2 atom stereocenters. The number of carbonyl (C=O) groups excluding carboxylic acids is 1. The Labute approximate surface area is 193 Å². The van der Waals surface area contributed by atoms with E-state index in [9.17, 15) is 9.18 Å². The van der Waals surface area contributed by atoms with Gasteiger partial charge in [-0.2, -0.15) is 4.98 Å². The molecule has 2 aliphatic rings. The first-order valence-corrected chi connectivity index (χ1v) is 11.7. The lowest BCUT2D eigenvalue weighted by molar-refractivity contribution is -0.134. The van der Waals surface area contributed by atoms with Gasteiger partial charge in [0.1, 0.15) is 5.82 Å². The summed E-state index contributed by atoms with van der Waals surface area (Å²) in [6, 6.07) is 14.9. The van der Waals surface area contributed by atoms with Gasteiger partial charge in [0.2, 0.25) is 17.6 Å². The van der Waals surface area contributed by atoms with Gasteiger partial charge in [-0.15, -0.1) is 0 Å². The van der Waals surface area contributed by atoms with Crippen molar-refractivity contribution in [3.8, 4) is 11.4 Å². The maximum atomic E-state index is 14.0. The van der Waals surface area contributed by atoms with Gasteiger partial charge in [0.05, 0.1) is 0 Å². The lowest BCUT2D eigenvalue weighted by Gasteiger charge is -2.35. The van der Waals surface area contributed by atoms with Crippen molar-refractivity contribution in [3.05, 3.63) is 71.4 Å². The molecule has 2 heterocycles. The molecule has 1 aromatic heterocycles. The van der Waals surface area contributed by atoms with E-state index in [1.807, 2.05) is 35.2 Å². The van der Waals surface area contributed by atoms with E-state index in [4.69, 9.17) is 4.52 Å². The van der Waals surface area contributed by atoms with Gasteiger partial charge in [0.25, 0.3) is 0 Å². The van der Waals surface area contributed by atoms with Crippen LogP contribution in [0.25, 0.3) is 11.4 Å². The van der Waals surface area contributed by atoms with Crippen molar-refractivity contribution in [2.75, 3.05) is 32.7 Å². The van der Waals surface area contributed by atoms with Gasteiger partial charge >= 0.3 is 0 Å². The molecule has 1 saturated carbocycles. The fourth-order valence-electron chi connectivity index (χ4n) is 4.64. The number of carbonyl (C=O) groups is 1. The summed E-state index contributed by atoms with van der Waals surface area (Å²) >= 11 is 0. The third-order valence-corrected chi connectivity index (χ3v) is 6.74. The Kier molecular flexibility index (Phi) is 6.22. The van der Waals surface area contributed by atoms with Crippen molar-refractivity contribution in [1.29, 1.82) is 0 Å². The van der Waals surface area contributed by atoms with Gasteiger partial charge in [-0.05, 0) is 43.9 Å². The molecule has 0 radical (unpaired) electrons. The zero-order chi connectivity index (χ0) is 22.8. The first-order valence-electron chi connectivity index (χ1n) is 11.7. The quantitative estimate of drug-likeness (QED) is 0.545. The van der Waals surface area contributed by atoms with Gasteiger partial charge < -0.3 is 9.42 Å². The topological polar surface area (TPSA) is 62.5 Å². The van der Waals surface area contributed by atoms with E-state index in [2.05, 4.69) is 22.0 Å². The number of hydrogen-bond donors (Lipinski definition) is 0. The second-order valence-corrected chi connectivity index (χ2v) is 9.12. The van der Waals surface area contributed by atoms with Crippen LogP contribution in [0, 0.1) is 18.7 Å². The van der Waals surface area contributed by atoms with Gasteiger partial charge in [-0.3, -0.25) is 9.69 Å². The van der Waals surface area contributed by atoms with Crippen LogP contribution in [-0.2, 0) is 11.2 Å². The Bertz CT molecular complexity index is 1110. The van der Waals surface area contributed by atoms with Crippen LogP contribution in [0.4, 0.5) is 4.39 Å². The van der Waals surface area contributed by atoms with Crippen molar-refractivity contribution in [3.63, 3.8) is 0 Å². The highest BCUT2D eigenvalue weighted by Crippen LogP contribution is 2.49. The molecular formula is C26H29FN4O2. The third kappa shape index (κ3) is 4.98. The van der Waals surface area contributed by atoms with Crippen molar-refractivity contribution >= 4 is 5.91 Å². The molecule has 172 valence electrons. The fraction of sp³-hybridized carbons (Fsp3) is 0.423. The van der Waals surface area contributed by atoms with E-state index < -0.39 is 0 Å². The van der Waals surface area contributed by atoms with Crippen LogP contribution in [-0.4, -0.2) is 58.6 Å². The molecule has 0 unspecified atom stereocenters. The number of aryl methyl sites for hydroxylation is 2. The first kappa shape index (κ1) is 21.8. The molecule has 7 heteroatoms. The highest BCUT2D eigenvalue weighted by atomic mass is 19.1. The standard InChI is InChI=1S/C26H29FN4O2/c1-18-8-10-19(11-9-18)25-28-24(33-29-25)7-4-12-30-13-15-31(16-14-30)26(32)22-17-21(22)20-5-2-3-6-23(20)27/h2-3,5-6,8-11,21-22H,4,7,12-17H2,1H3/t21-,22+/m1/s1. The normalized spacial score (nSPS) is 20.7. The number of benzene rings is 2. The summed E-state index contributed by atoms with van der Waals surface area (Å²) in [6.07, 6.45) is 2.43. The Morgan fingerprint density at radius 2 is 1.85 bits per heavy atom. The van der Waals surface area contributed by atoms with Crippen LogP contribution in [0.15, 0.2) is 53.1 Å². The molecule has 0 N–H and O–H groups in total. The zero-order valence-electron chi connectivity index (χ0n) is 18.9. The Balaban J connectivity index is 1.04. The number of piperazine rings is 1. The van der Waals surface area contributed by atoms with Gasteiger partial charge in [0, 0.05) is 44.1 Å². The minimum Gasteiger partial charge on any atom is -0.340 e. The Morgan fingerprint density at radius 1 is 1.09 bits per heavy atom. The zero-order valence-corrected chi connectivity index (χ0v) is 18.9. The van der Waals surface area contributed by atoms with Crippen LogP contribution < -0.4 is 0 Å². The number of rotatable bonds is 7. The monoisotopic (exact) mass is 448 g/mol. The van der Waals surface area contributed by atoms with E-state index >= 15 is 0 Å². The van der Waals surface area contributed by atoms with Crippen LogP contribution in [0.2, 0.25) is 0 Å².